The van der Waals surface area contributed by atoms with Crippen LogP contribution in [0.5, 0.6) is 0 Å². The van der Waals surface area contributed by atoms with Crippen LogP contribution in [0.25, 0.3) is 0 Å². The molecular formula is C3H6O4S2. The number of hydrogen-bond acceptors (Lipinski definition) is 3. The van der Waals surface area contributed by atoms with Crippen LogP contribution >= 0.6 is 24.4 Å². The Morgan fingerprint density at radius 2 is 1.56 bits per heavy atom. The van der Waals surface area contributed by atoms with Crippen molar-refractivity contribution in [1.82, 2.24) is 0 Å². The summed E-state index contributed by atoms with van der Waals surface area (Å²) in [5.74, 6) is 0. The summed E-state index contributed by atoms with van der Waals surface area (Å²) in [7, 11) is 0. The van der Waals surface area contributed by atoms with E-state index in [1.165, 1.54) is 6.26 Å². The third-order valence-corrected chi connectivity index (χ3v) is 0.524. The van der Waals surface area contributed by atoms with Crippen molar-refractivity contribution in [3.05, 3.63) is 0 Å². The molecule has 4 nitrogen and oxygen atoms in total. The lowest BCUT2D eigenvalue weighted by molar-refractivity contribution is 0.221. The highest BCUT2D eigenvalue weighted by molar-refractivity contribution is 8.12. The molecule has 0 heterocycles. The van der Waals surface area contributed by atoms with Crippen LogP contribution in [0.3, 0.4) is 0 Å². The number of thiol groups is 1. The molecule has 0 aromatic carbocycles. The Balaban J connectivity index is 0. The lowest BCUT2D eigenvalue weighted by atomic mass is 11.6. The summed E-state index contributed by atoms with van der Waals surface area (Å²) >= 11 is 3.68. The zero-order valence-corrected chi connectivity index (χ0v) is 6.28. The highest BCUT2D eigenvalue weighted by Crippen LogP contribution is 1.88. The van der Waals surface area contributed by atoms with E-state index in [0.29, 0.717) is 0 Å². The minimum Gasteiger partial charge on any atom is -0.473 e. The zero-order valence-electron chi connectivity index (χ0n) is 4.57. The van der Waals surface area contributed by atoms with E-state index in [0.717, 1.165) is 11.8 Å². The fourth-order valence-electron chi connectivity index (χ4n) is 0. The maximum Gasteiger partial charge on any atom is 0.364 e. The molecule has 9 heavy (non-hydrogen) atoms. The molecular weight excluding hydrogens is 164 g/mol. The minimum atomic E-state index is -1.14. The Kier molecular flexibility index (Phi) is 9.71. The van der Waals surface area contributed by atoms with Gasteiger partial charge >= 0.3 is 10.6 Å². The zero-order chi connectivity index (χ0) is 7.86. The van der Waals surface area contributed by atoms with Gasteiger partial charge in [-0.3, -0.25) is 0 Å². The van der Waals surface area contributed by atoms with Crippen molar-refractivity contribution in [3.8, 4) is 0 Å². The van der Waals surface area contributed by atoms with Crippen LogP contribution in [0.2, 0.25) is 0 Å². The summed E-state index contributed by atoms with van der Waals surface area (Å²) in [4.78, 5) is 18.2. The Labute approximate surface area is 61.7 Å². The fourth-order valence-corrected chi connectivity index (χ4v) is 0. The highest BCUT2D eigenvalue weighted by atomic mass is 32.2. The van der Waals surface area contributed by atoms with Gasteiger partial charge < -0.3 is 10.2 Å². The van der Waals surface area contributed by atoms with E-state index in [4.69, 9.17) is 15.0 Å². The second-order valence-corrected chi connectivity index (χ2v) is 1.89. The molecule has 0 spiro atoms. The molecule has 0 amide bonds. The molecule has 6 heteroatoms. The van der Waals surface area contributed by atoms with Gasteiger partial charge in [0.15, 0.2) is 0 Å². The van der Waals surface area contributed by atoms with Crippen molar-refractivity contribution in [2.45, 2.75) is 0 Å². The van der Waals surface area contributed by atoms with E-state index in [9.17, 15) is 4.79 Å². The normalized spacial score (nSPS) is 6.89. The van der Waals surface area contributed by atoms with Crippen molar-refractivity contribution in [1.29, 1.82) is 0 Å². The van der Waals surface area contributed by atoms with E-state index in [2.05, 4.69) is 12.6 Å². The van der Waals surface area contributed by atoms with Gasteiger partial charge in [-0.2, -0.15) is 0 Å². The average molecular weight is 170 g/mol. The SMILES string of the molecule is CSC(=O)O.O=C(O)S. The van der Waals surface area contributed by atoms with Crippen molar-refractivity contribution in [3.63, 3.8) is 0 Å². The Morgan fingerprint density at radius 1 is 1.44 bits per heavy atom. The topological polar surface area (TPSA) is 74.6 Å². The van der Waals surface area contributed by atoms with Crippen LogP contribution in [0, 0.1) is 0 Å². The minimum absolute atomic E-state index is 0.796. The summed E-state index contributed by atoms with van der Waals surface area (Å²) in [5.41, 5.74) is 0. The highest BCUT2D eigenvalue weighted by Gasteiger charge is 1.81. The molecule has 0 saturated carbocycles. The third-order valence-electron chi connectivity index (χ3n) is 0.175. The molecule has 0 rings (SSSR count). The van der Waals surface area contributed by atoms with Gasteiger partial charge in [-0.25, -0.2) is 9.59 Å². The van der Waals surface area contributed by atoms with Crippen LogP contribution in [0.4, 0.5) is 9.59 Å². The molecule has 0 radical (unpaired) electrons. The lowest BCUT2D eigenvalue weighted by Crippen LogP contribution is -1.75. The number of carboxylic acid groups (broad SMARTS) is 2. The second kappa shape index (κ2) is 7.64. The number of thioether (sulfide) groups is 1. The number of carbonyl (C=O) groups is 2. The summed E-state index contributed by atoms with van der Waals surface area (Å²) in [6.07, 6.45) is 1.52. The van der Waals surface area contributed by atoms with Crippen LogP contribution in [-0.4, -0.2) is 27.1 Å². The maximum absolute atomic E-state index is 9.33. The fraction of sp³-hybridized carbons (Fsp3) is 0.333. The quantitative estimate of drug-likeness (QED) is 0.482. The first kappa shape index (κ1) is 11.4. The Bertz CT molecular complexity index is 98.0. The van der Waals surface area contributed by atoms with Crippen molar-refractivity contribution in [2.24, 2.45) is 0 Å². The number of rotatable bonds is 0. The van der Waals surface area contributed by atoms with Gasteiger partial charge in [0, 0.05) is 0 Å². The van der Waals surface area contributed by atoms with Gasteiger partial charge in [-0.15, -0.1) is 0 Å². The molecule has 0 fully saturated rings. The Hall–Kier alpha value is -0.360. The first-order valence-corrected chi connectivity index (χ1v) is 3.36. The van der Waals surface area contributed by atoms with Crippen LogP contribution in [-0.2, 0) is 0 Å². The van der Waals surface area contributed by atoms with Gasteiger partial charge in [0.05, 0.1) is 0 Å². The van der Waals surface area contributed by atoms with Gasteiger partial charge in [0.25, 0.3) is 0 Å². The lowest BCUT2D eigenvalue weighted by Gasteiger charge is -1.71. The molecule has 2 N–H and O–H groups in total. The Morgan fingerprint density at radius 3 is 1.56 bits per heavy atom. The molecule has 54 valence electrons. The standard InChI is InChI=1S/C2H4O2S.CH2O2S/c1-5-2(3)4;2-1(3)4/h1H3,(H,3,4);4H,(H,2,3). The van der Waals surface area contributed by atoms with Gasteiger partial charge in [-0.1, -0.05) is 12.6 Å². The van der Waals surface area contributed by atoms with Gasteiger partial charge in [-0.05, 0) is 18.0 Å². The first-order valence-electron chi connectivity index (χ1n) is 1.69. The van der Waals surface area contributed by atoms with Gasteiger partial charge in [0.2, 0.25) is 0 Å². The van der Waals surface area contributed by atoms with Crippen molar-refractivity contribution in [2.75, 3.05) is 6.26 Å². The molecule has 0 unspecified atom stereocenters. The summed E-state index contributed by atoms with van der Waals surface area (Å²) in [5, 5.41) is 13.0. The van der Waals surface area contributed by atoms with E-state index < -0.39 is 10.6 Å². The summed E-state index contributed by atoms with van der Waals surface area (Å²) < 4.78 is 0. The molecule has 0 aromatic heterocycles. The van der Waals surface area contributed by atoms with Crippen LogP contribution in [0.1, 0.15) is 0 Å². The summed E-state index contributed by atoms with van der Waals surface area (Å²) in [6.45, 7) is 0. The first-order chi connectivity index (χ1) is 4.00. The monoisotopic (exact) mass is 170 g/mol. The summed E-state index contributed by atoms with van der Waals surface area (Å²) in [6, 6.07) is 0. The van der Waals surface area contributed by atoms with Crippen LogP contribution < -0.4 is 0 Å². The van der Waals surface area contributed by atoms with Gasteiger partial charge in [0.1, 0.15) is 0 Å². The molecule has 0 bridgehead atoms. The molecule has 0 aliphatic carbocycles. The van der Waals surface area contributed by atoms with E-state index >= 15 is 0 Å². The van der Waals surface area contributed by atoms with E-state index in [1.54, 1.807) is 0 Å². The predicted octanol–water partition coefficient (Wildman–Crippen LogP) is 1.62. The molecule has 0 atom stereocenters. The third kappa shape index (κ3) is 90.4. The van der Waals surface area contributed by atoms with E-state index in [1.807, 2.05) is 0 Å². The predicted molar refractivity (Wildman–Crippen MR) is 38.6 cm³/mol. The molecule has 0 saturated heterocycles. The second-order valence-electron chi connectivity index (χ2n) is 0.753. The molecule has 0 aromatic rings. The van der Waals surface area contributed by atoms with Crippen LogP contribution in [0.15, 0.2) is 0 Å². The average Bonchev–Trinajstić information content (AvgIpc) is 1.65. The maximum atomic E-state index is 9.33. The number of hydrogen-bond donors (Lipinski definition) is 3. The van der Waals surface area contributed by atoms with Crippen molar-refractivity contribution < 1.29 is 19.8 Å². The smallest absolute Gasteiger partial charge is 0.364 e. The van der Waals surface area contributed by atoms with E-state index in [-0.39, 0.29) is 0 Å². The van der Waals surface area contributed by atoms with Crippen molar-refractivity contribution >= 4 is 35.0 Å². The molecule has 0 aliphatic heterocycles. The largest absolute Gasteiger partial charge is 0.473 e. The molecule has 0 aliphatic rings.